The van der Waals surface area contributed by atoms with E-state index in [0.717, 1.165) is 11.1 Å². The fourth-order valence-corrected chi connectivity index (χ4v) is 7.01. The van der Waals surface area contributed by atoms with Crippen molar-refractivity contribution in [3.8, 4) is 0 Å². The molecule has 0 fully saturated rings. The van der Waals surface area contributed by atoms with E-state index in [9.17, 15) is 18.0 Å². The SMILES string of the molecule is COC(=O)C1=C(C)N(c2ccc(C(C)C)cc2)C(=O)/C1=C/c1ccc(CN(Cc2ccc(Cl)c(Cl)c2)S(=O)(=O)c2ccc(C)cc2)o1. The molecule has 244 valence electrons. The summed E-state index contributed by atoms with van der Waals surface area (Å²) in [7, 11) is -2.73. The summed E-state index contributed by atoms with van der Waals surface area (Å²) in [6.45, 7) is 7.59. The van der Waals surface area contributed by atoms with E-state index in [4.69, 9.17) is 32.4 Å². The number of amides is 1. The number of ether oxygens (including phenoxy) is 1. The van der Waals surface area contributed by atoms with Gasteiger partial charge < -0.3 is 9.15 Å². The summed E-state index contributed by atoms with van der Waals surface area (Å²) < 4.78 is 40.1. The third kappa shape index (κ3) is 7.23. The minimum absolute atomic E-state index is 0.0122. The van der Waals surface area contributed by atoms with Gasteiger partial charge in [0.2, 0.25) is 10.0 Å². The first-order valence-electron chi connectivity index (χ1n) is 14.8. The summed E-state index contributed by atoms with van der Waals surface area (Å²) in [4.78, 5) is 28.3. The van der Waals surface area contributed by atoms with Crippen LogP contribution in [-0.4, -0.2) is 31.7 Å². The van der Waals surface area contributed by atoms with Gasteiger partial charge in [0.15, 0.2) is 0 Å². The highest BCUT2D eigenvalue weighted by Gasteiger charge is 2.38. The molecule has 4 aromatic rings. The fraction of sp³-hybridized carbons (Fsp3) is 0.222. The number of benzene rings is 3. The lowest BCUT2D eigenvalue weighted by Gasteiger charge is -2.22. The first-order valence-corrected chi connectivity index (χ1v) is 17.0. The lowest BCUT2D eigenvalue weighted by atomic mass is 10.0. The van der Waals surface area contributed by atoms with Gasteiger partial charge in [-0.15, -0.1) is 0 Å². The molecule has 1 aliphatic rings. The molecule has 2 heterocycles. The minimum Gasteiger partial charge on any atom is -0.465 e. The van der Waals surface area contributed by atoms with Crippen molar-refractivity contribution >= 4 is 56.9 Å². The number of furan rings is 1. The van der Waals surface area contributed by atoms with Gasteiger partial charge in [0, 0.05) is 17.9 Å². The van der Waals surface area contributed by atoms with Crippen LogP contribution in [0.2, 0.25) is 10.0 Å². The number of carbonyl (C=O) groups is 2. The number of methoxy groups -OCH3 is 1. The second kappa shape index (κ2) is 13.9. The molecule has 11 heteroatoms. The highest BCUT2D eigenvalue weighted by atomic mass is 35.5. The highest BCUT2D eigenvalue weighted by Crippen LogP contribution is 2.36. The molecule has 1 amide bonds. The Bertz CT molecular complexity index is 2000. The molecule has 5 rings (SSSR count). The number of sulfonamides is 1. The maximum Gasteiger partial charge on any atom is 0.340 e. The van der Waals surface area contributed by atoms with E-state index in [2.05, 4.69) is 13.8 Å². The van der Waals surface area contributed by atoms with E-state index < -0.39 is 21.9 Å². The summed E-state index contributed by atoms with van der Waals surface area (Å²) in [5.74, 6) is -0.180. The van der Waals surface area contributed by atoms with Gasteiger partial charge >= 0.3 is 5.97 Å². The molecule has 47 heavy (non-hydrogen) atoms. The van der Waals surface area contributed by atoms with Crippen LogP contribution >= 0.6 is 23.2 Å². The van der Waals surface area contributed by atoms with Crippen molar-refractivity contribution in [3.63, 3.8) is 0 Å². The van der Waals surface area contributed by atoms with Crippen LogP contribution in [0.4, 0.5) is 5.69 Å². The number of anilines is 1. The van der Waals surface area contributed by atoms with Crippen molar-refractivity contribution in [2.24, 2.45) is 0 Å². The number of carbonyl (C=O) groups excluding carboxylic acids is 2. The largest absolute Gasteiger partial charge is 0.465 e. The third-order valence-electron chi connectivity index (χ3n) is 7.91. The van der Waals surface area contributed by atoms with E-state index in [0.29, 0.717) is 38.7 Å². The summed E-state index contributed by atoms with van der Waals surface area (Å²) in [6.07, 6.45) is 1.47. The van der Waals surface area contributed by atoms with Crippen molar-refractivity contribution in [2.75, 3.05) is 12.0 Å². The van der Waals surface area contributed by atoms with E-state index in [1.165, 1.54) is 22.4 Å². The van der Waals surface area contributed by atoms with Crippen LogP contribution in [0.1, 0.15) is 54.9 Å². The van der Waals surface area contributed by atoms with Gasteiger partial charge in [-0.25, -0.2) is 13.2 Å². The normalized spacial score (nSPS) is 14.6. The number of esters is 1. The van der Waals surface area contributed by atoms with Crippen LogP contribution in [0.3, 0.4) is 0 Å². The molecule has 0 unspecified atom stereocenters. The van der Waals surface area contributed by atoms with E-state index >= 15 is 0 Å². The molecule has 1 aliphatic heterocycles. The van der Waals surface area contributed by atoms with Crippen molar-refractivity contribution in [2.45, 2.75) is 51.6 Å². The summed E-state index contributed by atoms with van der Waals surface area (Å²) in [5, 5.41) is 0.662. The third-order valence-corrected chi connectivity index (χ3v) is 10.5. The molecule has 0 radical (unpaired) electrons. The van der Waals surface area contributed by atoms with Gasteiger partial charge in [0.25, 0.3) is 5.91 Å². The summed E-state index contributed by atoms with van der Waals surface area (Å²) in [5.41, 5.74) is 3.92. The van der Waals surface area contributed by atoms with Crippen molar-refractivity contribution in [1.29, 1.82) is 0 Å². The van der Waals surface area contributed by atoms with Gasteiger partial charge in [-0.2, -0.15) is 4.31 Å². The average Bonchev–Trinajstić information content (AvgIpc) is 3.58. The second-order valence-electron chi connectivity index (χ2n) is 11.5. The van der Waals surface area contributed by atoms with Gasteiger partial charge in [-0.1, -0.05) is 72.9 Å². The quantitative estimate of drug-likeness (QED) is 0.123. The highest BCUT2D eigenvalue weighted by molar-refractivity contribution is 7.89. The fourth-order valence-electron chi connectivity index (χ4n) is 5.30. The molecule has 0 N–H and O–H groups in total. The van der Waals surface area contributed by atoms with Crippen molar-refractivity contribution in [1.82, 2.24) is 4.31 Å². The molecule has 0 saturated heterocycles. The van der Waals surface area contributed by atoms with Crippen LogP contribution in [-0.2, 0) is 37.4 Å². The molecule has 0 saturated carbocycles. The van der Waals surface area contributed by atoms with Crippen molar-refractivity contribution < 1.29 is 27.2 Å². The summed E-state index contributed by atoms with van der Waals surface area (Å²) in [6, 6.07) is 22.4. The van der Waals surface area contributed by atoms with Crippen LogP contribution in [0.15, 0.2) is 105 Å². The lowest BCUT2D eigenvalue weighted by molar-refractivity contribution is -0.136. The summed E-state index contributed by atoms with van der Waals surface area (Å²) >= 11 is 12.3. The Balaban J connectivity index is 1.48. The van der Waals surface area contributed by atoms with Gasteiger partial charge in [0.05, 0.1) is 39.7 Å². The van der Waals surface area contributed by atoms with E-state index in [-0.39, 0.29) is 34.9 Å². The lowest BCUT2D eigenvalue weighted by Crippen LogP contribution is -2.30. The van der Waals surface area contributed by atoms with E-state index in [1.54, 1.807) is 61.5 Å². The molecule has 0 aliphatic carbocycles. The smallest absolute Gasteiger partial charge is 0.340 e. The topological polar surface area (TPSA) is 97.1 Å². The molecule has 8 nitrogen and oxygen atoms in total. The monoisotopic (exact) mass is 692 g/mol. The first kappa shape index (κ1) is 34.2. The zero-order valence-corrected chi connectivity index (χ0v) is 28.9. The Kier molecular flexibility index (Phi) is 10.1. The molecule has 3 aromatic carbocycles. The second-order valence-corrected chi connectivity index (χ2v) is 14.3. The Morgan fingerprint density at radius 3 is 2.23 bits per heavy atom. The molecular weight excluding hydrogens is 659 g/mol. The standard InChI is InChI=1S/C36H34Cl2N2O6S/c1-22(2)26-9-11-27(12-10-26)40-24(4)34(36(42)45-5)31(35(40)41)19-28-13-14-29(46-28)21-39(20-25-8-17-32(37)33(38)18-25)47(43,44)30-15-6-23(3)7-16-30/h6-19,22H,20-21H2,1-5H3/b31-19+. The number of rotatable bonds is 10. The predicted octanol–water partition coefficient (Wildman–Crippen LogP) is 8.29. The Labute approximate surface area is 284 Å². The molecule has 1 aromatic heterocycles. The number of nitrogens with zero attached hydrogens (tertiary/aromatic N) is 2. The van der Waals surface area contributed by atoms with Gasteiger partial charge in [0.1, 0.15) is 11.5 Å². The number of allylic oxidation sites excluding steroid dienone is 1. The maximum absolute atomic E-state index is 13.9. The zero-order chi connectivity index (χ0) is 34.0. The Morgan fingerprint density at radius 1 is 0.936 bits per heavy atom. The van der Waals surface area contributed by atoms with Gasteiger partial charge in [-0.3, -0.25) is 9.69 Å². The molecular formula is C36H34Cl2N2O6S. The van der Waals surface area contributed by atoms with E-state index in [1.807, 2.05) is 31.2 Å². The zero-order valence-electron chi connectivity index (χ0n) is 26.6. The average molecular weight is 694 g/mol. The van der Waals surface area contributed by atoms with Crippen LogP contribution in [0.5, 0.6) is 0 Å². The number of hydrogen-bond donors (Lipinski definition) is 0. The number of hydrogen-bond acceptors (Lipinski definition) is 6. The van der Waals surface area contributed by atoms with Crippen LogP contribution < -0.4 is 4.90 Å². The predicted molar refractivity (Wildman–Crippen MR) is 183 cm³/mol. The molecule has 0 atom stereocenters. The Hall–Kier alpha value is -4.15. The number of halogens is 2. The first-order chi connectivity index (χ1) is 22.3. The minimum atomic E-state index is -3.98. The van der Waals surface area contributed by atoms with Crippen molar-refractivity contribution in [3.05, 3.63) is 134 Å². The molecule has 0 spiro atoms. The van der Waals surface area contributed by atoms with Crippen LogP contribution in [0, 0.1) is 6.92 Å². The number of aryl methyl sites for hydroxylation is 1. The van der Waals surface area contributed by atoms with Gasteiger partial charge in [-0.05, 0) is 85.5 Å². The molecule has 0 bridgehead atoms. The van der Waals surface area contributed by atoms with Crippen LogP contribution in [0.25, 0.3) is 6.08 Å². The Morgan fingerprint density at radius 2 is 1.62 bits per heavy atom. The maximum atomic E-state index is 13.9.